The zero-order valence-electron chi connectivity index (χ0n) is 12.8. The van der Waals surface area contributed by atoms with Gasteiger partial charge in [0.15, 0.2) is 0 Å². The predicted octanol–water partition coefficient (Wildman–Crippen LogP) is 3.03. The number of likely N-dealkylation sites (tertiary alicyclic amines) is 1. The quantitative estimate of drug-likeness (QED) is 0.621. The van der Waals surface area contributed by atoms with Crippen molar-refractivity contribution in [1.29, 1.82) is 0 Å². The first-order chi connectivity index (χ1) is 10.6. The van der Waals surface area contributed by atoms with Crippen LogP contribution in [0.2, 0.25) is 0 Å². The summed E-state index contributed by atoms with van der Waals surface area (Å²) < 4.78 is 0. The first-order valence-corrected chi connectivity index (χ1v) is 7.99. The molecule has 6 heteroatoms. The lowest BCUT2D eigenvalue weighted by Crippen LogP contribution is -2.53. The topological polar surface area (TPSA) is 76.3 Å². The van der Waals surface area contributed by atoms with E-state index in [1.165, 1.54) is 44.0 Å². The van der Waals surface area contributed by atoms with E-state index in [2.05, 4.69) is 11.9 Å². The van der Waals surface area contributed by atoms with Crippen LogP contribution in [-0.2, 0) is 0 Å². The zero-order valence-corrected chi connectivity index (χ0v) is 12.8. The molecule has 0 spiro atoms. The Hall–Kier alpha value is -1.98. The molecule has 1 aliphatic carbocycles. The number of nitro groups is 1. The van der Waals surface area contributed by atoms with E-state index >= 15 is 0 Å². The first-order valence-electron chi connectivity index (χ1n) is 7.99. The van der Waals surface area contributed by atoms with Crippen LogP contribution in [0.5, 0.6) is 0 Å². The Labute approximate surface area is 129 Å². The second-order valence-corrected chi connectivity index (χ2v) is 6.46. The molecule has 2 aliphatic rings. The van der Waals surface area contributed by atoms with Gasteiger partial charge in [-0.1, -0.05) is 13.3 Å². The van der Waals surface area contributed by atoms with Crippen LogP contribution in [-0.4, -0.2) is 33.3 Å². The molecule has 3 rings (SSSR count). The summed E-state index contributed by atoms with van der Waals surface area (Å²) >= 11 is 0. The van der Waals surface area contributed by atoms with Crippen molar-refractivity contribution in [3.8, 4) is 0 Å². The average Bonchev–Trinajstić information content (AvgIpc) is 2.54. The standard InChI is InChI=1S/C16H21N3O3/c1-11-4-2-5-12-6-3-9-18(15(11)12)16(20)14-8-7-13(10-17-14)19(21)22/h7-8,10-12,15H,2-6,9H2,1H3/t11-,12+,15-/m1/s1. The fourth-order valence-corrected chi connectivity index (χ4v) is 4.06. The van der Waals surface area contributed by atoms with Crippen LogP contribution in [0.3, 0.4) is 0 Å². The normalized spacial score (nSPS) is 28.0. The van der Waals surface area contributed by atoms with Crippen molar-refractivity contribution in [2.45, 2.75) is 45.1 Å². The summed E-state index contributed by atoms with van der Waals surface area (Å²) in [7, 11) is 0. The molecular weight excluding hydrogens is 282 g/mol. The van der Waals surface area contributed by atoms with Crippen LogP contribution in [0.4, 0.5) is 5.69 Å². The first kappa shape index (κ1) is 14.9. The summed E-state index contributed by atoms with van der Waals surface area (Å²) in [6.45, 7) is 2.99. The molecule has 0 bridgehead atoms. The van der Waals surface area contributed by atoms with Crippen LogP contribution in [0.25, 0.3) is 0 Å². The highest BCUT2D eigenvalue weighted by molar-refractivity contribution is 5.92. The molecule has 2 heterocycles. The Morgan fingerprint density at radius 3 is 2.77 bits per heavy atom. The predicted molar refractivity (Wildman–Crippen MR) is 81.5 cm³/mol. The number of piperidine rings is 1. The van der Waals surface area contributed by atoms with Crippen molar-refractivity contribution in [2.75, 3.05) is 6.54 Å². The van der Waals surface area contributed by atoms with Gasteiger partial charge in [0.25, 0.3) is 11.6 Å². The number of nitrogens with zero attached hydrogens (tertiary/aromatic N) is 3. The molecule has 0 unspecified atom stereocenters. The summed E-state index contributed by atoms with van der Waals surface area (Å²) in [5.74, 6) is 1.03. The molecule has 1 amide bonds. The molecule has 6 nitrogen and oxygen atoms in total. The van der Waals surface area contributed by atoms with Crippen molar-refractivity contribution < 1.29 is 9.72 Å². The summed E-state index contributed by atoms with van der Waals surface area (Å²) in [4.78, 5) is 28.9. The van der Waals surface area contributed by atoms with E-state index in [4.69, 9.17) is 0 Å². The van der Waals surface area contributed by atoms with E-state index in [0.717, 1.165) is 13.0 Å². The van der Waals surface area contributed by atoms with Gasteiger partial charge in [0.2, 0.25) is 0 Å². The van der Waals surface area contributed by atoms with Crippen molar-refractivity contribution >= 4 is 11.6 Å². The molecular formula is C16H21N3O3. The fraction of sp³-hybridized carbons (Fsp3) is 0.625. The zero-order chi connectivity index (χ0) is 15.7. The van der Waals surface area contributed by atoms with Gasteiger partial charge in [0.1, 0.15) is 11.9 Å². The van der Waals surface area contributed by atoms with Crippen LogP contribution >= 0.6 is 0 Å². The number of amides is 1. The number of fused-ring (bicyclic) bond motifs is 1. The molecule has 1 aromatic heterocycles. The Bertz CT molecular complexity index is 571. The third kappa shape index (κ3) is 2.69. The van der Waals surface area contributed by atoms with E-state index in [0.29, 0.717) is 23.6 Å². The molecule has 0 radical (unpaired) electrons. The number of hydrogen-bond acceptors (Lipinski definition) is 4. The Balaban J connectivity index is 1.82. The SMILES string of the molecule is C[C@@H]1CCC[C@H]2CCCN(C(=O)c3ccc([N+](=O)[O-])cn3)[C@@H]21. The summed E-state index contributed by atoms with van der Waals surface area (Å²) in [6.07, 6.45) is 7.02. The van der Waals surface area contributed by atoms with Gasteiger partial charge < -0.3 is 4.90 Å². The van der Waals surface area contributed by atoms with Crippen LogP contribution < -0.4 is 0 Å². The molecule has 0 N–H and O–H groups in total. The smallest absolute Gasteiger partial charge is 0.287 e. The summed E-state index contributed by atoms with van der Waals surface area (Å²) in [5.41, 5.74) is 0.225. The van der Waals surface area contributed by atoms with Gasteiger partial charge in [-0.15, -0.1) is 0 Å². The third-order valence-corrected chi connectivity index (χ3v) is 5.07. The van der Waals surface area contributed by atoms with E-state index in [-0.39, 0.29) is 11.6 Å². The molecule has 1 aliphatic heterocycles. The van der Waals surface area contributed by atoms with Gasteiger partial charge in [-0.05, 0) is 43.6 Å². The monoisotopic (exact) mass is 303 g/mol. The second kappa shape index (κ2) is 6.02. The minimum absolute atomic E-state index is 0.0842. The highest BCUT2D eigenvalue weighted by Gasteiger charge is 2.40. The maximum Gasteiger partial charge on any atom is 0.287 e. The van der Waals surface area contributed by atoms with Crippen molar-refractivity contribution in [2.24, 2.45) is 11.8 Å². The largest absolute Gasteiger partial charge is 0.334 e. The molecule has 3 atom stereocenters. The number of carbonyl (C=O) groups excluding carboxylic acids is 1. The molecule has 0 aromatic carbocycles. The maximum absolute atomic E-state index is 12.8. The third-order valence-electron chi connectivity index (χ3n) is 5.07. The minimum Gasteiger partial charge on any atom is -0.334 e. The van der Waals surface area contributed by atoms with Crippen LogP contribution in [0, 0.1) is 22.0 Å². The van der Waals surface area contributed by atoms with Gasteiger partial charge in [0.05, 0.1) is 4.92 Å². The lowest BCUT2D eigenvalue weighted by atomic mass is 9.73. The molecule has 1 aromatic rings. The van der Waals surface area contributed by atoms with Gasteiger partial charge in [-0.3, -0.25) is 14.9 Å². The van der Waals surface area contributed by atoms with E-state index in [1.54, 1.807) is 0 Å². The lowest BCUT2D eigenvalue weighted by Gasteiger charge is -2.47. The summed E-state index contributed by atoms with van der Waals surface area (Å²) in [6, 6.07) is 3.12. The highest BCUT2D eigenvalue weighted by Crippen LogP contribution is 2.39. The number of hydrogen-bond donors (Lipinski definition) is 0. The lowest BCUT2D eigenvalue weighted by molar-refractivity contribution is -0.385. The fourth-order valence-electron chi connectivity index (χ4n) is 4.06. The minimum atomic E-state index is -0.499. The Kier molecular flexibility index (Phi) is 4.09. The van der Waals surface area contributed by atoms with Crippen molar-refractivity contribution in [1.82, 2.24) is 9.88 Å². The van der Waals surface area contributed by atoms with Crippen LogP contribution in [0.15, 0.2) is 18.3 Å². The molecule has 1 saturated heterocycles. The van der Waals surface area contributed by atoms with E-state index in [1.807, 2.05) is 4.90 Å². The van der Waals surface area contributed by atoms with Gasteiger partial charge in [-0.25, -0.2) is 4.98 Å². The van der Waals surface area contributed by atoms with Gasteiger partial charge >= 0.3 is 0 Å². The van der Waals surface area contributed by atoms with E-state index in [9.17, 15) is 14.9 Å². The Morgan fingerprint density at radius 1 is 1.32 bits per heavy atom. The highest BCUT2D eigenvalue weighted by atomic mass is 16.6. The molecule has 2 fully saturated rings. The average molecular weight is 303 g/mol. The van der Waals surface area contributed by atoms with Gasteiger partial charge in [0, 0.05) is 18.7 Å². The second-order valence-electron chi connectivity index (χ2n) is 6.46. The molecule has 118 valence electrons. The Morgan fingerprint density at radius 2 is 2.09 bits per heavy atom. The van der Waals surface area contributed by atoms with Gasteiger partial charge in [-0.2, -0.15) is 0 Å². The van der Waals surface area contributed by atoms with E-state index < -0.39 is 4.92 Å². The summed E-state index contributed by atoms with van der Waals surface area (Å²) in [5, 5.41) is 10.7. The number of carbonyl (C=O) groups is 1. The van der Waals surface area contributed by atoms with Crippen molar-refractivity contribution in [3.05, 3.63) is 34.1 Å². The number of rotatable bonds is 2. The van der Waals surface area contributed by atoms with Crippen LogP contribution in [0.1, 0.15) is 49.5 Å². The number of pyridine rings is 1. The maximum atomic E-state index is 12.8. The number of aromatic nitrogens is 1. The molecule has 22 heavy (non-hydrogen) atoms. The molecule has 1 saturated carbocycles. The van der Waals surface area contributed by atoms with Crippen molar-refractivity contribution in [3.63, 3.8) is 0 Å².